The summed E-state index contributed by atoms with van der Waals surface area (Å²) < 4.78 is 10.6. The molecule has 0 aliphatic heterocycles. The number of fused-ring (bicyclic) bond motifs is 9. The van der Waals surface area contributed by atoms with Gasteiger partial charge in [0.15, 0.2) is 0 Å². The minimum atomic E-state index is -0.449. The van der Waals surface area contributed by atoms with Gasteiger partial charge in [-0.1, -0.05) is 19.1 Å². The van der Waals surface area contributed by atoms with Gasteiger partial charge in [-0.3, -0.25) is 0 Å². The van der Waals surface area contributed by atoms with Crippen molar-refractivity contribution in [3.8, 4) is 0 Å². The van der Waals surface area contributed by atoms with Crippen LogP contribution in [-0.2, 0) is 9.47 Å². The third-order valence-corrected chi connectivity index (χ3v) is 5.88. The van der Waals surface area contributed by atoms with Gasteiger partial charge >= 0.3 is 6.16 Å². The first kappa shape index (κ1) is 11.8. The fraction of sp³-hybridized carbons (Fsp3) is 0.812. The molecule has 4 aliphatic carbocycles. The standard InChI is InChI=1S/C16H22O3/c1-2-5-18-16(17)19-13-8-11-7-12(13)15-10-4-3-9(6-10)14(11)15/h3-4,9-15H,2,5-8H2,1H3. The Morgan fingerprint density at radius 1 is 1.16 bits per heavy atom. The number of allylic oxidation sites excluding steroid dienone is 2. The molecule has 4 aliphatic rings. The first-order chi connectivity index (χ1) is 9.28. The van der Waals surface area contributed by atoms with Crippen LogP contribution in [0.15, 0.2) is 12.2 Å². The molecule has 3 fully saturated rings. The zero-order valence-electron chi connectivity index (χ0n) is 11.5. The van der Waals surface area contributed by atoms with Gasteiger partial charge in [-0.05, 0) is 55.3 Å². The fourth-order valence-electron chi connectivity index (χ4n) is 5.43. The minimum absolute atomic E-state index is 0.128. The van der Waals surface area contributed by atoms with Crippen molar-refractivity contribution < 1.29 is 14.3 Å². The molecule has 4 rings (SSSR count). The Morgan fingerprint density at radius 2 is 1.95 bits per heavy atom. The number of carbonyl (C=O) groups excluding carboxylic acids is 1. The lowest BCUT2D eigenvalue weighted by Gasteiger charge is -2.35. The van der Waals surface area contributed by atoms with Gasteiger partial charge in [0, 0.05) is 5.92 Å². The molecule has 0 amide bonds. The van der Waals surface area contributed by atoms with Crippen LogP contribution >= 0.6 is 0 Å². The molecule has 7 atom stereocenters. The highest BCUT2D eigenvalue weighted by atomic mass is 16.7. The highest BCUT2D eigenvalue weighted by molar-refractivity contribution is 5.60. The second-order valence-corrected chi connectivity index (χ2v) is 6.75. The van der Waals surface area contributed by atoms with Crippen LogP contribution in [0, 0.1) is 35.5 Å². The summed E-state index contributed by atoms with van der Waals surface area (Å²) in [5.41, 5.74) is 0. The quantitative estimate of drug-likeness (QED) is 0.444. The lowest BCUT2D eigenvalue weighted by molar-refractivity contribution is -0.0174. The lowest BCUT2D eigenvalue weighted by Crippen LogP contribution is -2.36. The number of ether oxygens (including phenoxy) is 2. The van der Waals surface area contributed by atoms with E-state index in [2.05, 4.69) is 12.2 Å². The van der Waals surface area contributed by atoms with Gasteiger partial charge in [0.1, 0.15) is 6.10 Å². The van der Waals surface area contributed by atoms with Crippen molar-refractivity contribution >= 4 is 6.16 Å². The summed E-state index contributed by atoms with van der Waals surface area (Å²) in [5.74, 6) is 4.67. The van der Waals surface area contributed by atoms with Crippen LogP contribution in [0.4, 0.5) is 4.79 Å². The minimum Gasteiger partial charge on any atom is -0.434 e. The molecule has 0 saturated heterocycles. The molecule has 3 saturated carbocycles. The molecule has 0 aromatic carbocycles. The summed E-state index contributed by atoms with van der Waals surface area (Å²) in [6.45, 7) is 2.47. The predicted molar refractivity (Wildman–Crippen MR) is 70.4 cm³/mol. The summed E-state index contributed by atoms with van der Waals surface area (Å²) >= 11 is 0. The predicted octanol–water partition coefficient (Wildman–Crippen LogP) is 3.40. The first-order valence-corrected chi connectivity index (χ1v) is 7.79. The van der Waals surface area contributed by atoms with Crippen molar-refractivity contribution in [3.63, 3.8) is 0 Å². The van der Waals surface area contributed by atoms with Crippen LogP contribution < -0.4 is 0 Å². The van der Waals surface area contributed by atoms with E-state index in [-0.39, 0.29) is 6.10 Å². The molecular weight excluding hydrogens is 240 g/mol. The maximum atomic E-state index is 11.6. The second-order valence-electron chi connectivity index (χ2n) is 6.75. The van der Waals surface area contributed by atoms with Crippen molar-refractivity contribution in [2.45, 2.75) is 38.7 Å². The van der Waals surface area contributed by atoms with Gasteiger partial charge in [0.05, 0.1) is 6.61 Å². The average molecular weight is 262 g/mol. The maximum Gasteiger partial charge on any atom is 0.508 e. The summed E-state index contributed by atoms with van der Waals surface area (Å²) in [5, 5.41) is 0. The van der Waals surface area contributed by atoms with Crippen molar-refractivity contribution in [1.29, 1.82) is 0 Å². The highest BCUT2D eigenvalue weighted by Gasteiger charge is 2.62. The molecule has 0 heterocycles. The zero-order chi connectivity index (χ0) is 13.0. The Morgan fingerprint density at radius 3 is 2.74 bits per heavy atom. The molecule has 0 radical (unpaired) electrons. The number of rotatable bonds is 3. The van der Waals surface area contributed by atoms with E-state index in [4.69, 9.17) is 9.47 Å². The van der Waals surface area contributed by atoms with Crippen LogP contribution in [0.25, 0.3) is 0 Å². The van der Waals surface area contributed by atoms with Crippen LogP contribution in [-0.4, -0.2) is 18.9 Å². The van der Waals surface area contributed by atoms with E-state index in [9.17, 15) is 4.79 Å². The van der Waals surface area contributed by atoms with Crippen LogP contribution in [0.1, 0.15) is 32.6 Å². The first-order valence-electron chi connectivity index (χ1n) is 7.79. The lowest BCUT2D eigenvalue weighted by atomic mass is 9.72. The van der Waals surface area contributed by atoms with E-state index < -0.39 is 6.16 Å². The van der Waals surface area contributed by atoms with E-state index in [0.29, 0.717) is 12.5 Å². The van der Waals surface area contributed by atoms with Crippen molar-refractivity contribution in [1.82, 2.24) is 0 Å². The molecule has 3 nitrogen and oxygen atoms in total. The van der Waals surface area contributed by atoms with Crippen molar-refractivity contribution in [2.75, 3.05) is 6.61 Å². The van der Waals surface area contributed by atoms with Gasteiger partial charge in [-0.25, -0.2) is 4.79 Å². The monoisotopic (exact) mass is 262 g/mol. The van der Waals surface area contributed by atoms with Crippen LogP contribution in [0.3, 0.4) is 0 Å². The Bertz CT molecular complexity index is 416. The molecule has 0 N–H and O–H groups in total. The van der Waals surface area contributed by atoms with Gasteiger partial charge in [-0.15, -0.1) is 0 Å². The van der Waals surface area contributed by atoms with Crippen molar-refractivity contribution in [3.05, 3.63) is 12.2 Å². The summed E-state index contributed by atoms with van der Waals surface area (Å²) in [6.07, 6.45) is 9.09. The third-order valence-electron chi connectivity index (χ3n) is 5.88. The molecule has 0 aromatic rings. The van der Waals surface area contributed by atoms with Gasteiger partial charge in [0.25, 0.3) is 0 Å². The number of hydrogen-bond acceptors (Lipinski definition) is 3. The molecule has 19 heavy (non-hydrogen) atoms. The Kier molecular flexibility index (Phi) is 2.64. The van der Waals surface area contributed by atoms with Crippen LogP contribution in [0.2, 0.25) is 0 Å². The third kappa shape index (κ3) is 1.66. The SMILES string of the molecule is CCCOC(=O)OC1CC2CC1C1C3C=CC(C3)C21. The molecular formula is C16H22O3. The van der Waals surface area contributed by atoms with E-state index in [1.54, 1.807) is 0 Å². The molecule has 0 spiro atoms. The smallest absolute Gasteiger partial charge is 0.434 e. The summed E-state index contributed by atoms with van der Waals surface area (Å²) in [6, 6.07) is 0. The summed E-state index contributed by atoms with van der Waals surface area (Å²) in [4.78, 5) is 11.6. The second kappa shape index (κ2) is 4.26. The van der Waals surface area contributed by atoms with E-state index in [1.165, 1.54) is 12.8 Å². The largest absolute Gasteiger partial charge is 0.508 e. The molecule has 7 unspecified atom stereocenters. The Balaban J connectivity index is 1.42. The maximum absolute atomic E-state index is 11.6. The van der Waals surface area contributed by atoms with Gasteiger partial charge in [0.2, 0.25) is 0 Å². The number of carbonyl (C=O) groups is 1. The molecule has 104 valence electrons. The number of hydrogen-bond donors (Lipinski definition) is 0. The zero-order valence-corrected chi connectivity index (χ0v) is 11.5. The van der Waals surface area contributed by atoms with Crippen LogP contribution in [0.5, 0.6) is 0 Å². The van der Waals surface area contributed by atoms with Gasteiger partial charge < -0.3 is 9.47 Å². The Labute approximate surface area is 114 Å². The van der Waals surface area contributed by atoms with E-state index in [1.807, 2.05) is 6.92 Å². The normalized spacial score (nSPS) is 48.6. The summed E-state index contributed by atoms with van der Waals surface area (Å²) in [7, 11) is 0. The topological polar surface area (TPSA) is 35.5 Å². The van der Waals surface area contributed by atoms with Crippen molar-refractivity contribution in [2.24, 2.45) is 35.5 Å². The fourth-order valence-corrected chi connectivity index (χ4v) is 5.43. The van der Waals surface area contributed by atoms with Gasteiger partial charge in [-0.2, -0.15) is 0 Å². The Hall–Kier alpha value is -0.990. The molecule has 3 heteroatoms. The average Bonchev–Trinajstić information content (AvgIpc) is 3.13. The van der Waals surface area contributed by atoms with E-state index >= 15 is 0 Å². The molecule has 4 bridgehead atoms. The van der Waals surface area contributed by atoms with E-state index in [0.717, 1.165) is 42.4 Å². The molecule has 0 aromatic heterocycles. The highest BCUT2D eigenvalue weighted by Crippen LogP contribution is 2.65.